The molecule has 5 heteroatoms. The van der Waals surface area contributed by atoms with Crippen LogP contribution in [0.25, 0.3) is 0 Å². The van der Waals surface area contributed by atoms with Crippen molar-refractivity contribution in [2.45, 2.75) is 91.5 Å². The van der Waals surface area contributed by atoms with Gasteiger partial charge in [-0.2, -0.15) is 0 Å². The fraction of sp³-hybridized carbons (Fsp3) is 0.846. The number of hydrogen-bond acceptors (Lipinski definition) is 4. The first-order valence-corrected chi connectivity index (χ1v) is 12.8. The van der Waals surface area contributed by atoms with E-state index in [1.807, 2.05) is 0 Å². The van der Waals surface area contributed by atoms with E-state index in [1.54, 1.807) is 11.1 Å². The van der Waals surface area contributed by atoms with Gasteiger partial charge in [-0.1, -0.05) is 44.1 Å². The van der Waals surface area contributed by atoms with Crippen molar-refractivity contribution in [3.05, 3.63) is 23.3 Å². The molecule has 5 N–H and O–H groups in total. The van der Waals surface area contributed by atoms with Gasteiger partial charge in [-0.3, -0.25) is 10.6 Å². The lowest BCUT2D eigenvalue weighted by atomic mass is 9.47. The number of fused-ring (bicyclic) bond motifs is 2. The highest BCUT2D eigenvalue weighted by Crippen LogP contribution is 2.61. The second-order valence-corrected chi connectivity index (χ2v) is 11.8. The van der Waals surface area contributed by atoms with Crippen molar-refractivity contribution in [1.29, 1.82) is 0 Å². The summed E-state index contributed by atoms with van der Waals surface area (Å²) < 4.78 is 0. The molecule has 2 heterocycles. The highest BCUT2D eigenvalue weighted by atomic mass is 15.5. The molecule has 0 spiro atoms. The van der Waals surface area contributed by atoms with Crippen LogP contribution in [0, 0.1) is 22.7 Å². The average molecular weight is 431 g/mol. The standard InChI is InChI=1S/C26H47N5/c1-18(12-15-31-17-30(6)22-23(27)28-16-29-24(22)31)10-13-25(4)20(3)11-14-26(5)19(2)8-7-9-21(25)26/h8,12,20-24,28-29H,7,9-11,13-17,27H2,1-6H3/p+1/t20-,21-,22?,23?,24?,25+,26-/m1/s1. The van der Waals surface area contributed by atoms with Crippen LogP contribution in [0.3, 0.4) is 0 Å². The van der Waals surface area contributed by atoms with Gasteiger partial charge in [0.05, 0.1) is 7.05 Å². The third kappa shape index (κ3) is 4.17. The van der Waals surface area contributed by atoms with Gasteiger partial charge < -0.3 is 10.6 Å². The van der Waals surface area contributed by atoms with Crippen LogP contribution in [-0.2, 0) is 0 Å². The molecule has 0 aromatic rings. The van der Waals surface area contributed by atoms with Gasteiger partial charge in [0.15, 0.2) is 0 Å². The minimum absolute atomic E-state index is 0.0800. The van der Waals surface area contributed by atoms with Crippen molar-refractivity contribution in [3.8, 4) is 0 Å². The summed E-state index contributed by atoms with van der Waals surface area (Å²) in [7, 11) is 2.27. The van der Waals surface area contributed by atoms with Gasteiger partial charge in [-0.05, 0) is 75.0 Å². The monoisotopic (exact) mass is 430 g/mol. The Morgan fingerprint density at radius 3 is 2.87 bits per heavy atom. The lowest BCUT2D eigenvalue weighted by molar-refractivity contribution is -0.899. The van der Waals surface area contributed by atoms with E-state index in [1.165, 1.54) is 43.4 Å². The Bertz CT molecular complexity index is 717. The molecule has 176 valence electrons. The average Bonchev–Trinajstić information content (AvgIpc) is 3.07. The lowest BCUT2D eigenvalue weighted by Crippen LogP contribution is -3.14. The van der Waals surface area contributed by atoms with Crippen LogP contribution < -0.4 is 21.3 Å². The largest absolute Gasteiger partial charge is 0.318 e. The summed E-state index contributed by atoms with van der Waals surface area (Å²) in [5.74, 6) is 1.65. The molecule has 4 aliphatic rings. The Kier molecular flexibility index (Phi) is 6.73. The highest BCUT2D eigenvalue weighted by molar-refractivity contribution is 5.21. The molecule has 8 atom stereocenters. The molecule has 0 amide bonds. The number of likely N-dealkylation sites (N-methyl/N-ethyl adjacent to an activating group) is 1. The maximum absolute atomic E-state index is 6.34. The summed E-state index contributed by atoms with van der Waals surface area (Å²) in [6.07, 6.45) is 13.5. The second kappa shape index (κ2) is 8.90. The van der Waals surface area contributed by atoms with Crippen molar-refractivity contribution in [2.75, 3.05) is 26.9 Å². The molecule has 4 rings (SSSR count). The molecule has 5 nitrogen and oxygen atoms in total. The number of nitrogens with two attached hydrogens (primary N) is 1. The first-order valence-electron chi connectivity index (χ1n) is 12.8. The van der Waals surface area contributed by atoms with Gasteiger partial charge in [0.2, 0.25) is 0 Å². The Morgan fingerprint density at radius 1 is 1.32 bits per heavy atom. The van der Waals surface area contributed by atoms with Gasteiger partial charge in [-0.15, -0.1) is 0 Å². The normalized spacial score (nSPS) is 46.4. The third-order valence-corrected chi connectivity index (χ3v) is 10.1. The van der Waals surface area contributed by atoms with Crippen molar-refractivity contribution in [1.82, 2.24) is 15.5 Å². The molecule has 1 saturated carbocycles. The summed E-state index contributed by atoms with van der Waals surface area (Å²) in [5.41, 5.74) is 10.4. The van der Waals surface area contributed by atoms with Crippen molar-refractivity contribution < 1.29 is 4.90 Å². The third-order valence-electron chi connectivity index (χ3n) is 10.1. The fourth-order valence-corrected chi connectivity index (χ4v) is 7.54. The quantitative estimate of drug-likeness (QED) is 0.506. The van der Waals surface area contributed by atoms with Crippen LogP contribution in [0.2, 0.25) is 0 Å². The SMILES string of the molecule is CC(=CCN1C[NH+](C)C2C(N)NCNC21)CC[C@@]1(C)[C@H](C)CC[C@]2(C)C(C)=CCC[C@H]12. The van der Waals surface area contributed by atoms with Gasteiger partial charge >= 0.3 is 0 Å². The Labute approximate surface area is 190 Å². The van der Waals surface area contributed by atoms with E-state index in [4.69, 9.17) is 5.73 Å². The van der Waals surface area contributed by atoms with Gasteiger partial charge in [-0.25, -0.2) is 4.90 Å². The molecule has 0 radical (unpaired) electrons. The number of allylic oxidation sites excluding steroid dienone is 3. The zero-order valence-corrected chi connectivity index (χ0v) is 20.9. The molecular formula is C26H48N5+. The summed E-state index contributed by atoms with van der Waals surface area (Å²) in [6.45, 7) is 15.4. The molecule has 2 aliphatic heterocycles. The van der Waals surface area contributed by atoms with Crippen LogP contribution in [0.15, 0.2) is 23.3 Å². The Balaban J connectivity index is 1.39. The zero-order valence-electron chi connectivity index (χ0n) is 20.9. The maximum atomic E-state index is 6.34. The van der Waals surface area contributed by atoms with Crippen LogP contribution >= 0.6 is 0 Å². The Hall–Kier alpha value is -0.720. The van der Waals surface area contributed by atoms with Crippen LogP contribution in [-0.4, -0.2) is 50.2 Å². The van der Waals surface area contributed by atoms with Crippen molar-refractivity contribution >= 4 is 0 Å². The molecule has 0 aromatic carbocycles. The number of rotatable bonds is 5. The topological polar surface area (TPSA) is 57.8 Å². The van der Waals surface area contributed by atoms with E-state index < -0.39 is 0 Å². The van der Waals surface area contributed by atoms with Crippen LogP contribution in [0.5, 0.6) is 0 Å². The predicted molar refractivity (Wildman–Crippen MR) is 129 cm³/mol. The first kappa shape index (κ1) is 23.4. The first-order chi connectivity index (χ1) is 14.7. The van der Waals surface area contributed by atoms with Crippen molar-refractivity contribution in [3.63, 3.8) is 0 Å². The zero-order chi connectivity index (χ0) is 22.4. The lowest BCUT2D eigenvalue weighted by Gasteiger charge is -2.58. The molecule has 3 fully saturated rings. The maximum Gasteiger partial charge on any atom is 0.146 e. The van der Waals surface area contributed by atoms with Gasteiger partial charge in [0, 0.05) is 13.2 Å². The molecule has 4 unspecified atom stereocenters. The Morgan fingerprint density at radius 2 is 2.10 bits per heavy atom. The van der Waals surface area contributed by atoms with E-state index in [-0.39, 0.29) is 6.17 Å². The number of quaternary nitrogens is 1. The second-order valence-electron chi connectivity index (χ2n) is 11.8. The van der Waals surface area contributed by atoms with Gasteiger partial charge in [0.1, 0.15) is 25.0 Å². The molecule has 2 saturated heterocycles. The summed E-state index contributed by atoms with van der Waals surface area (Å²) in [6, 6.07) is 0.421. The summed E-state index contributed by atoms with van der Waals surface area (Å²) in [5, 5.41) is 6.99. The molecule has 31 heavy (non-hydrogen) atoms. The van der Waals surface area contributed by atoms with E-state index >= 15 is 0 Å². The van der Waals surface area contributed by atoms with Crippen LogP contribution in [0.1, 0.15) is 73.1 Å². The van der Waals surface area contributed by atoms with E-state index in [9.17, 15) is 0 Å². The number of nitrogens with one attached hydrogen (secondary N) is 3. The van der Waals surface area contributed by atoms with Crippen molar-refractivity contribution in [2.24, 2.45) is 28.4 Å². The molecule has 2 aliphatic carbocycles. The minimum Gasteiger partial charge on any atom is -0.318 e. The molecule has 0 bridgehead atoms. The summed E-state index contributed by atoms with van der Waals surface area (Å²) in [4.78, 5) is 4.08. The highest BCUT2D eigenvalue weighted by Gasteiger charge is 2.53. The number of nitrogens with zero attached hydrogens (tertiary/aromatic N) is 1. The minimum atomic E-state index is 0.0800. The van der Waals surface area contributed by atoms with E-state index in [0.717, 1.165) is 31.7 Å². The molecular weight excluding hydrogens is 382 g/mol. The molecule has 0 aromatic heterocycles. The smallest absolute Gasteiger partial charge is 0.146 e. The summed E-state index contributed by atoms with van der Waals surface area (Å²) >= 11 is 0. The van der Waals surface area contributed by atoms with E-state index in [0.29, 0.717) is 23.0 Å². The van der Waals surface area contributed by atoms with Crippen LogP contribution in [0.4, 0.5) is 0 Å². The van der Waals surface area contributed by atoms with E-state index in [2.05, 4.69) is 69.4 Å². The number of hydrogen-bond donors (Lipinski definition) is 4. The predicted octanol–water partition coefficient (Wildman–Crippen LogP) is 2.43. The van der Waals surface area contributed by atoms with Gasteiger partial charge in [0.25, 0.3) is 0 Å². The fourth-order valence-electron chi connectivity index (χ4n) is 7.54.